The van der Waals surface area contributed by atoms with Crippen LogP contribution in [-0.2, 0) is 0 Å². The van der Waals surface area contributed by atoms with Gasteiger partial charge in [0.1, 0.15) is 21.9 Å². The van der Waals surface area contributed by atoms with Crippen molar-refractivity contribution in [2.24, 2.45) is 0 Å². The summed E-state index contributed by atoms with van der Waals surface area (Å²) in [6, 6.07) is 7.97. The zero-order valence-electron chi connectivity index (χ0n) is 8.63. The molecule has 1 aromatic carbocycles. The molecular weight excluding hydrogens is 286 g/mol. The van der Waals surface area contributed by atoms with E-state index in [1.165, 1.54) is 6.07 Å². The highest BCUT2D eigenvalue weighted by Gasteiger charge is 2.08. The Hall–Kier alpha value is -1.88. The summed E-state index contributed by atoms with van der Waals surface area (Å²) < 4.78 is 6.13. The Morgan fingerprint density at radius 2 is 2.18 bits per heavy atom. The average molecular weight is 294 g/mol. The first-order valence-corrected chi connectivity index (χ1v) is 5.56. The van der Waals surface area contributed by atoms with Crippen LogP contribution in [0.4, 0.5) is 0 Å². The number of rotatable bonds is 3. The first-order chi connectivity index (χ1) is 8.20. The second kappa shape index (κ2) is 4.97. The average Bonchev–Trinajstić information content (AvgIpc) is 2.29. The lowest BCUT2D eigenvalue weighted by Crippen LogP contribution is -1.91. The Balaban J connectivity index is 2.36. The second-order valence-corrected chi connectivity index (χ2v) is 4.04. The molecule has 0 bridgehead atoms. The van der Waals surface area contributed by atoms with Crippen molar-refractivity contribution in [3.8, 4) is 17.2 Å². The first-order valence-electron chi connectivity index (χ1n) is 4.77. The van der Waals surface area contributed by atoms with Gasteiger partial charge in [-0.25, -0.2) is 4.98 Å². The van der Waals surface area contributed by atoms with Crippen molar-refractivity contribution in [1.82, 2.24) is 4.98 Å². The lowest BCUT2D eigenvalue weighted by Gasteiger charge is -2.08. The molecule has 0 radical (unpaired) electrons. The fourth-order valence-corrected chi connectivity index (χ4v) is 1.66. The third kappa shape index (κ3) is 2.62. The third-order valence-corrected chi connectivity index (χ3v) is 2.52. The summed E-state index contributed by atoms with van der Waals surface area (Å²) in [7, 11) is 0. The van der Waals surface area contributed by atoms with Crippen molar-refractivity contribution < 1.29 is 14.6 Å². The van der Waals surface area contributed by atoms with E-state index in [2.05, 4.69) is 20.9 Å². The number of phenols is 1. The molecule has 2 rings (SSSR count). The molecule has 0 amide bonds. The van der Waals surface area contributed by atoms with Crippen LogP contribution in [-0.4, -0.2) is 16.4 Å². The molecular formula is C12H8BrNO3. The second-order valence-electron chi connectivity index (χ2n) is 3.22. The lowest BCUT2D eigenvalue weighted by molar-refractivity contribution is 0.111. The van der Waals surface area contributed by atoms with E-state index >= 15 is 0 Å². The summed E-state index contributed by atoms with van der Waals surface area (Å²) in [5.74, 6) is 0.726. The first kappa shape index (κ1) is 11.6. The fraction of sp³-hybridized carbons (Fsp3) is 0. The minimum Gasteiger partial charge on any atom is -0.507 e. The van der Waals surface area contributed by atoms with Gasteiger partial charge in [0.2, 0.25) is 0 Å². The number of aromatic hydroxyl groups is 1. The monoisotopic (exact) mass is 293 g/mol. The van der Waals surface area contributed by atoms with Gasteiger partial charge in [0.25, 0.3) is 0 Å². The van der Waals surface area contributed by atoms with E-state index in [0.29, 0.717) is 22.4 Å². The maximum atomic E-state index is 10.8. The van der Waals surface area contributed by atoms with Gasteiger partial charge in [-0.2, -0.15) is 0 Å². The number of aldehydes is 1. The number of phenolic OH excluding ortho intramolecular Hbond substituents is 1. The summed E-state index contributed by atoms with van der Waals surface area (Å²) in [6.07, 6.45) is 2.13. The number of aromatic nitrogens is 1. The molecule has 1 N–H and O–H groups in total. The molecule has 0 fully saturated rings. The number of hydrogen-bond acceptors (Lipinski definition) is 4. The number of halogens is 1. The quantitative estimate of drug-likeness (QED) is 0.698. The maximum Gasteiger partial charge on any atom is 0.157 e. The summed E-state index contributed by atoms with van der Waals surface area (Å²) in [5, 5.41) is 9.49. The summed E-state index contributed by atoms with van der Waals surface area (Å²) >= 11 is 3.22. The SMILES string of the molecule is O=Cc1c(O)cccc1Oc1ccnc(Br)c1. The van der Waals surface area contributed by atoms with E-state index in [9.17, 15) is 9.90 Å². The summed E-state index contributed by atoms with van der Waals surface area (Å²) in [4.78, 5) is 14.8. The van der Waals surface area contributed by atoms with E-state index in [4.69, 9.17) is 4.74 Å². The Morgan fingerprint density at radius 1 is 1.35 bits per heavy atom. The predicted octanol–water partition coefficient (Wildman–Crippen LogP) is 3.15. The standard InChI is InChI=1S/C12H8BrNO3/c13-12-6-8(4-5-14-12)17-11-3-1-2-10(16)9(11)7-15/h1-7,16H. The molecule has 86 valence electrons. The predicted molar refractivity (Wildman–Crippen MR) is 65.5 cm³/mol. The van der Waals surface area contributed by atoms with Gasteiger partial charge in [-0.15, -0.1) is 0 Å². The zero-order valence-corrected chi connectivity index (χ0v) is 10.2. The molecule has 0 saturated carbocycles. The van der Waals surface area contributed by atoms with Gasteiger partial charge in [0, 0.05) is 12.3 Å². The molecule has 0 spiro atoms. The van der Waals surface area contributed by atoms with Crippen molar-refractivity contribution >= 4 is 22.2 Å². The van der Waals surface area contributed by atoms with E-state index in [1.807, 2.05) is 0 Å². The number of ether oxygens (including phenoxy) is 1. The molecule has 0 aliphatic carbocycles. The van der Waals surface area contributed by atoms with Gasteiger partial charge in [-0.05, 0) is 34.1 Å². The number of benzene rings is 1. The molecule has 0 aliphatic heterocycles. The van der Waals surface area contributed by atoms with Gasteiger partial charge in [-0.3, -0.25) is 4.79 Å². The highest BCUT2D eigenvalue weighted by atomic mass is 79.9. The molecule has 1 heterocycles. The van der Waals surface area contributed by atoms with Gasteiger partial charge in [0.15, 0.2) is 6.29 Å². The van der Waals surface area contributed by atoms with Gasteiger partial charge < -0.3 is 9.84 Å². The highest BCUT2D eigenvalue weighted by Crippen LogP contribution is 2.30. The van der Waals surface area contributed by atoms with Crippen molar-refractivity contribution in [1.29, 1.82) is 0 Å². The van der Waals surface area contributed by atoms with Gasteiger partial charge in [-0.1, -0.05) is 6.07 Å². The zero-order chi connectivity index (χ0) is 12.3. The fourth-order valence-electron chi connectivity index (χ4n) is 1.32. The number of nitrogens with zero attached hydrogens (tertiary/aromatic N) is 1. The molecule has 0 aliphatic rings. The Bertz CT molecular complexity index is 557. The van der Waals surface area contributed by atoms with Crippen molar-refractivity contribution in [3.05, 3.63) is 46.7 Å². The van der Waals surface area contributed by atoms with Crippen LogP contribution in [0, 0.1) is 0 Å². The molecule has 2 aromatic rings. The lowest BCUT2D eigenvalue weighted by atomic mass is 10.2. The molecule has 1 aromatic heterocycles. The van der Waals surface area contributed by atoms with Crippen LogP contribution in [0.3, 0.4) is 0 Å². The summed E-state index contributed by atoms with van der Waals surface area (Å²) in [6.45, 7) is 0. The molecule has 5 heteroatoms. The van der Waals surface area contributed by atoms with Crippen LogP contribution >= 0.6 is 15.9 Å². The third-order valence-electron chi connectivity index (χ3n) is 2.09. The van der Waals surface area contributed by atoms with E-state index in [0.717, 1.165) is 0 Å². The Morgan fingerprint density at radius 3 is 2.88 bits per heavy atom. The van der Waals surface area contributed by atoms with Crippen LogP contribution < -0.4 is 4.74 Å². The Kier molecular flexibility index (Phi) is 3.39. The van der Waals surface area contributed by atoms with Crippen molar-refractivity contribution in [3.63, 3.8) is 0 Å². The van der Waals surface area contributed by atoms with Gasteiger partial charge in [0.05, 0.1) is 5.56 Å². The minimum atomic E-state index is -0.106. The van der Waals surface area contributed by atoms with E-state index in [-0.39, 0.29) is 11.3 Å². The number of hydrogen-bond donors (Lipinski definition) is 1. The molecule has 0 saturated heterocycles. The van der Waals surface area contributed by atoms with E-state index in [1.54, 1.807) is 30.5 Å². The molecule has 17 heavy (non-hydrogen) atoms. The van der Waals surface area contributed by atoms with Crippen LogP contribution in [0.1, 0.15) is 10.4 Å². The molecule has 0 unspecified atom stereocenters. The molecule has 4 nitrogen and oxygen atoms in total. The smallest absolute Gasteiger partial charge is 0.157 e. The van der Waals surface area contributed by atoms with Crippen LogP contribution in [0.15, 0.2) is 41.1 Å². The molecule has 0 atom stereocenters. The van der Waals surface area contributed by atoms with Crippen LogP contribution in [0.2, 0.25) is 0 Å². The van der Waals surface area contributed by atoms with Crippen LogP contribution in [0.25, 0.3) is 0 Å². The largest absolute Gasteiger partial charge is 0.507 e. The Labute approximate surface area is 106 Å². The summed E-state index contributed by atoms with van der Waals surface area (Å²) in [5.41, 5.74) is 0.125. The number of pyridine rings is 1. The highest BCUT2D eigenvalue weighted by molar-refractivity contribution is 9.10. The van der Waals surface area contributed by atoms with Crippen molar-refractivity contribution in [2.75, 3.05) is 0 Å². The number of carbonyl (C=O) groups excluding carboxylic acids is 1. The maximum absolute atomic E-state index is 10.8. The number of carbonyl (C=O) groups is 1. The van der Waals surface area contributed by atoms with Crippen molar-refractivity contribution in [2.45, 2.75) is 0 Å². The van der Waals surface area contributed by atoms with E-state index < -0.39 is 0 Å². The minimum absolute atomic E-state index is 0.106. The normalized spacial score (nSPS) is 9.94. The topological polar surface area (TPSA) is 59.4 Å². The van der Waals surface area contributed by atoms with Gasteiger partial charge >= 0.3 is 0 Å². The van der Waals surface area contributed by atoms with Crippen LogP contribution in [0.5, 0.6) is 17.2 Å².